The molecule has 21 heavy (non-hydrogen) atoms. The van der Waals surface area contributed by atoms with E-state index >= 15 is 0 Å². The molecule has 3 aromatic rings. The van der Waals surface area contributed by atoms with Crippen molar-refractivity contribution in [2.75, 3.05) is 0 Å². The Hall–Kier alpha value is -2.53. The summed E-state index contributed by atoms with van der Waals surface area (Å²) in [6.45, 7) is 0. The number of hydrogen-bond donors (Lipinski definition) is 1. The molecule has 0 fully saturated rings. The molecule has 2 aromatic heterocycles. The molecule has 1 atom stereocenters. The fraction of sp³-hybridized carbons (Fsp3) is 0.188. The number of rotatable bonds is 5. The van der Waals surface area contributed by atoms with Crippen molar-refractivity contribution in [3.05, 3.63) is 77.8 Å². The van der Waals surface area contributed by atoms with Gasteiger partial charge in [0.25, 0.3) is 0 Å². The molecule has 1 unspecified atom stereocenters. The smallest absolute Gasteiger partial charge is 0.233 e. The number of pyridine rings is 1. The lowest BCUT2D eigenvalue weighted by molar-refractivity contribution is 0.422. The van der Waals surface area contributed by atoms with Gasteiger partial charge in [-0.25, -0.2) is 0 Å². The molecule has 0 saturated carbocycles. The Morgan fingerprint density at radius 1 is 1.00 bits per heavy atom. The summed E-state index contributed by atoms with van der Waals surface area (Å²) >= 11 is 0. The van der Waals surface area contributed by atoms with Crippen LogP contribution in [0.5, 0.6) is 0 Å². The average molecular weight is 280 g/mol. The SMILES string of the molecule is NC(Cc1ccccc1)c1nnc(Cc2cccnc2)o1. The van der Waals surface area contributed by atoms with Crippen molar-refractivity contribution in [1.29, 1.82) is 0 Å². The Bertz CT molecular complexity index is 682. The zero-order chi connectivity index (χ0) is 14.5. The highest BCUT2D eigenvalue weighted by molar-refractivity contribution is 5.17. The Kier molecular flexibility index (Phi) is 4.02. The number of hydrogen-bond acceptors (Lipinski definition) is 5. The van der Waals surface area contributed by atoms with Crippen LogP contribution < -0.4 is 5.73 Å². The van der Waals surface area contributed by atoms with Crippen LogP contribution in [0.4, 0.5) is 0 Å². The van der Waals surface area contributed by atoms with Crippen LogP contribution in [-0.2, 0) is 12.8 Å². The number of nitrogens with zero attached hydrogens (tertiary/aromatic N) is 3. The molecule has 5 nitrogen and oxygen atoms in total. The topological polar surface area (TPSA) is 77.8 Å². The summed E-state index contributed by atoms with van der Waals surface area (Å²) in [4.78, 5) is 4.06. The van der Waals surface area contributed by atoms with Crippen LogP contribution in [0, 0.1) is 0 Å². The van der Waals surface area contributed by atoms with E-state index in [0.29, 0.717) is 24.6 Å². The van der Waals surface area contributed by atoms with E-state index in [1.807, 2.05) is 42.5 Å². The first-order valence-corrected chi connectivity index (χ1v) is 6.82. The second-order valence-electron chi connectivity index (χ2n) is 4.87. The van der Waals surface area contributed by atoms with Crippen LogP contribution in [0.2, 0.25) is 0 Å². The minimum atomic E-state index is -0.289. The van der Waals surface area contributed by atoms with Crippen molar-refractivity contribution in [1.82, 2.24) is 15.2 Å². The molecule has 0 saturated heterocycles. The molecular weight excluding hydrogens is 264 g/mol. The van der Waals surface area contributed by atoms with Gasteiger partial charge >= 0.3 is 0 Å². The number of benzene rings is 1. The fourth-order valence-corrected chi connectivity index (χ4v) is 2.12. The van der Waals surface area contributed by atoms with E-state index in [9.17, 15) is 0 Å². The Morgan fingerprint density at radius 2 is 1.81 bits per heavy atom. The zero-order valence-corrected chi connectivity index (χ0v) is 11.5. The molecule has 0 aliphatic rings. The molecule has 0 bridgehead atoms. The van der Waals surface area contributed by atoms with Gasteiger partial charge in [0, 0.05) is 12.4 Å². The van der Waals surface area contributed by atoms with Gasteiger partial charge in [0.05, 0.1) is 12.5 Å². The quantitative estimate of drug-likeness (QED) is 0.776. The predicted octanol–water partition coefficient (Wildman–Crippen LogP) is 2.30. The highest BCUT2D eigenvalue weighted by Crippen LogP contribution is 2.16. The van der Waals surface area contributed by atoms with E-state index in [2.05, 4.69) is 15.2 Å². The summed E-state index contributed by atoms with van der Waals surface area (Å²) < 4.78 is 5.65. The van der Waals surface area contributed by atoms with Crippen molar-refractivity contribution in [2.24, 2.45) is 5.73 Å². The fourth-order valence-electron chi connectivity index (χ4n) is 2.12. The van der Waals surface area contributed by atoms with Crippen LogP contribution in [0.25, 0.3) is 0 Å². The molecule has 1 aromatic carbocycles. The van der Waals surface area contributed by atoms with Gasteiger partial charge in [-0.3, -0.25) is 4.98 Å². The van der Waals surface area contributed by atoms with Gasteiger partial charge in [-0.05, 0) is 23.6 Å². The van der Waals surface area contributed by atoms with Gasteiger partial charge in [-0.15, -0.1) is 10.2 Å². The van der Waals surface area contributed by atoms with Crippen LogP contribution in [0.1, 0.15) is 29.0 Å². The Labute approximate surface area is 122 Å². The third-order valence-electron chi connectivity index (χ3n) is 3.18. The Balaban J connectivity index is 1.67. The monoisotopic (exact) mass is 280 g/mol. The van der Waals surface area contributed by atoms with Crippen LogP contribution in [0.15, 0.2) is 59.3 Å². The number of aromatic nitrogens is 3. The molecule has 0 amide bonds. The lowest BCUT2D eigenvalue weighted by atomic mass is 10.1. The minimum Gasteiger partial charge on any atom is -0.423 e. The van der Waals surface area contributed by atoms with E-state index in [-0.39, 0.29) is 6.04 Å². The van der Waals surface area contributed by atoms with Crippen molar-refractivity contribution in [2.45, 2.75) is 18.9 Å². The van der Waals surface area contributed by atoms with Crippen molar-refractivity contribution >= 4 is 0 Å². The van der Waals surface area contributed by atoms with Crippen molar-refractivity contribution < 1.29 is 4.42 Å². The van der Waals surface area contributed by atoms with Crippen molar-refractivity contribution in [3.63, 3.8) is 0 Å². The first-order chi connectivity index (χ1) is 10.3. The van der Waals surface area contributed by atoms with Gasteiger partial charge in [0.2, 0.25) is 11.8 Å². The predicted molar refractivity (Wildman–Crippen MR) is 78.4 cm³/mol. The van der Waals surface area contributed by atoms with E-state index in [4.69, 9.17) is 10.2 Å². The molecule has 0 aliphatic heterocycles. The van der Waals surface area contributed by atoms with Crippen molar-refractivity contribution in [3.8, 4) is 0 Å². The summed E-state index contributed by atoms with van der Waals surface area (Å²) in [5.74, 6) is 1.03. The van der Waals surface area contributed by atoms with Crippen LogP contribution in [-0.4, -0.2) is 15.2 Å². The van der Waals surface area contributed by atoms with Gasteiger partial charge in [0.1, 0.15) is 0 Å². The maximum atomic E-state index is 6.13. The summed E-state index contributed by atoms with van der Waals surface area (Å²) in [7, 11) is 0. The van der Waals surface area contributed by atoms with Gasteiger partial charge < -0.3 is 10.2 Å². The zero-order valence-electron chi connectivity index (χ0n) is 11.5. The molecule has 5 heteroatoms. The summed E-state index contributed by atoms with van der Waals surface area (Å²) in [5.41, 5.74) is 8.31. The van der Waals surface area contributed by atoms with E-state index in [1.54, 1.807) is 12.4 Å². The second kappa shape index (κ2) is 6.28. The number of nitrogens with two attached hydrogens (primary N) is 1. The minimum absolute atomic E-state index is 0.289. The first kappa shape index (κ1) is 13.5. The summed E-state index contributed by atoms with van der Waals surface area (Å²) in [6.07, 6.45) is 4.76. The van der Waals surface area contributed by atoms with Gasteiger partial charge in [-0.1, -0.05) is 36.4 Å². The average Bonchev–Trinajstić information content (AvgIpc) is 2.98. The third-order valence-corrected chi connectivity index (χ3v) is 3.18. The molecule has 0 radical (unpaired) electrons. The maximum absolute atomic E-state index is 6.13. The molecule has 106 valence electrons. The van der Waals surface area contributed by atoms with Gasteiger partial charge in [0.15, 0.2) is 0 Å². The third kappa shape index (κ3) is 3.52. The van der Waals surface area contributed by atoms with Crippen LogP contribution >= 0.6 is 0 Å². The summed E-state index contributed by atoms with van der Waals surface area (Å²) in [5, 5.41) is 8.10. The highest BCUT2D eigenvalue weighted by Gasteiger charge is 2.15. The normalized spacial score (nSPS) is 12.2. The Morgan fingerprint density at radius 3 is 2.57 bits per heavy atom. The second-order valence-corrected chi connectivity index (χ2v) is 4.87. The van der Waals surface area contributed by atoms with Gasteiger partial charge in [-0.2, -0.15) is 0 Å². The van der Waals surface area contributed by atoms with E-state index in [0.717, 1.165) is 11.1 Å². The summed E-state index contributed by atoms with van der Waals surface area (Å²) in [6, 6.07) is 13.6. The molecule has 0 aliphatic carbocycles. The standard InChI is InChI=1S/C16H16N4O/c17-14(9-12-5-2-1-3-6-12)16-20-19-15(21-16)10-13-7-4-8-18-11-13/h1-8,11,14H,9-10,17H2. The molecule has 0 spiro atoms. The maximum Gasteiger partial charge on any atom is 0.233 e. The highest BCUT2D eigenvalue weighted by atomic mass is 16.4. The molecule has 2 N–H and O–H groups in total. The molecular formula is C16H16N4O. The lowest BCUT2D eigenvalue weighted by Gasteiger charge is -2.06. The largest absolute Gasteiger partial charge is 0.423 e. The van der Waals surface area contributed by atoms with E-state index in [1.165, 1.54) is 0 Å². The first-order valence-electron chi connectivity index (χ1n) is 6.82. The molecule has 3 rings (SSSR count). The molecule has 2 heterocycles. The van der Waals surface area contributed by atoms with Crippen LogP contribution in [0.3, 0.4) is 0 Å². The van der Waals surface area contributed by atoms with E-state index < -0.39 is 0 Å². The lowest BCUT2D eigenvalue weighted by Crippen LogP contribution is -2.13.